The molecule has 0 aliphatic rings. The number of aromatic carboxylic acids is 1. The summed E-state index contributed by atoms with van der Waals surface area (Å²) in [4.78, 5) is 12.7. The molecule has 102 valence electrons. The predicted octanol–water partition coefficient (Wildman–Crippen LogP) is 2.93. The highest BCUT2D eigenvalue weighted by Crippen LogP contribution is 2.29. The first kappa shape index (κ1) is 14.0. The topological polar surface area (TPSA) is 83.5 Å². The summed E-state index contributed by atoms with van der Waals surface area (Å²) in [6, 6.07) is 4.42. The molecular formula is C11H11NO4S3. The Morgan fingerprint density at radius 1 is 1.26 bits per heavy atom. The molecule has 5 nitrogen and oxygen atoms in total. The largest absolute Gasteiger partial charge is 0.477 e. The van der Waals surface area contributed by atoms with E-state index in [1.807, 2.05) is 6.92 Å². The monoisotopic (exact) mass is 317 g/mol. The Morgan fingerprint density at radius 2 is 1.95 bits per heavy atom. The van der Waals surface area contributed by atoms with Crippen LogP contribution in [0.1, 0.15) is 19.4 Å². The molecule has 0 saturated heterocycles. The molecule has 0 spiro atoms. The Labute approximate surface area is 118 Å². The second kappa shape index (κ2) is 4.95. The van der Waals surface area contributed by atoms with E-state index in [4.69, 9.17) is 5.11 Å². The van der Waals surface area contributed by atoms with Gasteiger partial charge in [-0.25, -0.2) is 13.2 Å². The van der Waals surface area contributed by atoms with Gasteiger partial charge in [0.15, 0.2) is 0 Å². The molecule has 0 unspecified atom stereocenters. The van der Waals surface area contributed by atoms with Gasteiger partial charge in [-0.05, 0) is 32.0 Å². The smallest absolute Gasteiger partial charge is 0.345 e. The van der Waals surface area contributed by atoms with Gasteiger partial charge in [-0.1, -0.05) is 0 Å². The van der Waals surface area contributed by atoms with Gasteiger partial charge in [-0.2, -0.15) is 0 Å². The molecule has 0 aliphatic heterocycles. The van der Waals surface area contributed by atoms with Crippen molar-refractivity contribution in [2.24, 2.45) is 0 Å². The third kappa shape index (κ3) is 2.96. The van der Waals surface area contributed by atoms with Gasteiger partial charge >= 0.3 is 5.97 Å². The Kier molecular flexibility index (Phi) is 3.66. The Hall–Kier alpha value is -1.38. The van der Waals surface area contributed by atoms with Crippen molar-refractivity contribution in [2.45, 2.75) is 18.7 Å². The van der Waals surface area contributed by atoms with E-state index >= 15 is 0 Å². The van der Waals surface area contributed by atoms with Crippen LogP contribution in [0.4, 0.5) is 5.00 Å². The maximum atomic E-state index is 12.2. The molecule has 0 amide bonds. The number of thiophene rings is 2. The zero-order valence-corrected chi connectivity index (χ0v) is 12.6. The average molecular weight is 317 g/mol. The number of aryl methyl sites for hydroxylation is 2. The Balaban J connectivity index is 2.31. The van der Waals surface area contributed by atoms with Crippen LogP contribution in [-0.4, -0.2) is 19.5 Å². The molecule has 2 heterocycles. The minimum Gasteiger partial charge on any atom is -0.477 e. The molecular weight excluding hydrogens is 306 g/mol. The number of anilines is 1. The molecule has 2 N–H and O–H groups in total. The van der Waals surface area contributed by atoms with Gasteiger partial charge in [0.25, 0.3) is 10.0 Å². The summed E-state index contributed by atoms with van der Waals surface area (Å²) in [7, 11) is -3.66. The molecule has 2 aromatic rings. The van der Waals surface area contributed by atoms with E-state index in [-0.39, 0.29) is 9.77 Å². The second-order valence-electron chi connectivity index (χ2n) is 3.85. The fourth-order valence-electron chi connectivity index (χ4n) is 1.57. The lowest BCUT2D eigenvalue weighted by Crippen LogP contribution is -2.12. The molecule has 0 aromatic carbocycles. The fourth-order valence-corrected chi connectivity index (χ4v) is 5.16. The Morgan fingerprint density at radius 3 is 2.42 bits per heavy atom. The highest BCUT2D eigenvalue weighted by Gasteiger charge is 2.20. The van der Waals surface area contributed by atoms with Crippen molar-refractivity contribution in [1.82, 2.24) is 0 Å². The lowest BCUT2D eigenvalue weighted by Gasteiger charge is -2.04. The van der Waals surface area contributed by atoms with Crippen LogP contribution in [0.15, 0.2) is 23.1 Å². The van der Waals surface area contributed by atoms with Gasteiger partial charge in [0, 0.05) is 9.75 Å². The minimum absolute atomic E-state index is 0.0934. The maximum absolute atomic E-state index is 12.2. The summed E-state index contributed by atoms with van der Waals surface area (Å²) >= 11 is 2.30. The van der Waals surface area contributed by atoms with Crippen LogP contribution >= 0.6 is 22.7 Å². The van der Waals surface area contributed by atoms with E-state index in [1.54, 1.807) is 13.0 Å². The summed E-state index contributed by atoms with van der Waals surface area (Å²) in [6.07, 6.45) is 0. The third-order valence-corrected chi connectivity index (χ3v) is 6.04. The van der Waals surface area contributed by atoms with Crippen molar-refractivity contribution in [1.29, 1.82) is 0 Å². The van der Waals surface area contributed by atoms with Gasteiger partial charge in [0.1, 0.15) is 14.8 Å². The van der Waals surface area contributed by atoms with Crippen LogP contribution in [0.5, 0.6) is 0 Å². The van der Waals surface area contributed by atoms with Gasteiger partial charge in [0.05, 0.1) is 0 Å². The number of carbonyl (C=O) groups is 1. The van der Waals surface area contributed by atoms with Crippen LogP contribution in [0.25, 0.3) is 0 Å². The van der Waals surface area contributed by atoms with E-state index < -0.39 is 16.0 Å². The molecule has 2 rings (SSSR count). The van der Waals surface area contributed by atoms with Crippen molar-refractivity contribution >= 4 is 43.7 Å². The van der Waals surface area contributed by atoms with Crippen LogP contribution in [0, 0.1) is 13.8 Å². The van der Waals surface area contributed by atoms with Crippen LogP contribution in [0.2, 0.25) is 0 Å². The molecule has 0 saturated carbocycles. The number of carboxylic acids is 1. The summed E-state index contributed by atoms with van der Waals surface area (Å²) in [5, 5.41) is 9.09. The van der Waals surface area contributed by atoms with E-state index in [0.29, 0.717) is 9.88 Å². The molecule has 2 aromatic heterocycles. The predicted molar refractivity (Wildman–Crippen MR) is 75.9 cm³/mol. The zero-order chi connectivity index (χ0) is 14.2. The number of sulfonamides is 1. The fraction of sp³-hybridized carbons (Fsp3) is 0.182. The molecule has 0 aliphatic carbocycles. The van der Waals surface area contributed by atoms with Crippen LogP contribution in [0.3, 0.4) is 0 Å². The summed E-state index contributed by atoms with van der Waals surface area (Å²) in [5.74, 6) is -1.07. The number of carboxylic acid groups (broad SMARTS) is 1. The molecule has 0 radical (unpaired) electrons. The summed E-state index contributed by atoms with van der Waals surface area (Å²) in [6.45, 7) is 3.58. The van der Waals surface area contributed by atoms with Crippen LogP contribution in [-0.2, 0) is 10.0 Å². The number of hydrogen-bond acceptors (Lipinski definition) is 5. The summed E-state index contributed by atoms with van der Waals surface area (Å²) in [5.41, 5.74) is 0. The van der Waals surface area contributed by atoms with Crippen molar-refractivity contribution in [3.8, 4) is 0 Å². The number of rotatable bonds is 4. The van der Waals surface area contributed by atoms with Crippen molar-refractivity contribution in [3.63, 3.8) is 0 Å². The van der Waals surface area contributed by atoms with Gasteiger partial charge in [-0.3, -0.25) is 4.72 Å². The van der Waals surface area contributed by atoms with E-state index in [0.717, 1.165) is 16.2 Å². The Bertz CT molecular complexity index is 727. The lowest BCUT2D eigenvalue weighted by molar-refractivity contribution is 0.0702. The van der Waals surface area contributed by atoms with Gasteiger partial charge in [-0.15, -0.1) is 22.7 Å². The molecule has 0 fully saturated rings. The van der Waals surface area contributed by atoms with E-state index in [2.05, 4.69) is 4.72 Å². The molecule has 19 heavy (non-hydrogen) atoms. The quantitative estimate of drug-likeness (QED) is 0.908. The summed E-state index contributed by atoms with van der Waals surface area (Å²) < 4.78 is 26.7. The lowest BCUT2D eigenvalue weighted by atomic mass is 10.4. The first-order valence-corrected chi connectivity index (χ1v) is 8.34. The van der Waals surface area contributed by atoms with Gasteiger partial charge in [0.2, 0.25) is 0 Å². The van der Waals surface area contributed by atoms with Crippen molar-refractivity contribution in [3.05, 3.63) is 32.8 Å². The van der Waals surface area contributed by atoms with Crippen LogP contribution < -0.4 is 4.72 Å². The van der Waals surface area contributed by atoms with Gasteiger partial charge < -0.3 is 5.11 Å². The minimum atomic E-state index is -3.66. The highest BCUT2D eigenvalue weighted by molar-refractivity contribution is 7.93. The standard InChI is InChI=1S/C11H11NO4S3/c1-6-5-9(7(2)17-6)19(15,16)12-10-4-3-8(18-10)11(13)14/h3-5,12H,1-2H3,(H,13,14). The normalized spacial score (nSPS) is 11.5. The molecule has 8 heteroatoms. The first-order chi connectivity index (χ1) is 8.79. The van der Waals surface area contributed by atoms with E-state index in [9.17, 15) is 13.2 Å². The number of nitrogens with one attached hydrogen (secondary N) is 1. The first-order valence-electron chi connectivity index (χ1n) is 5.22. The van der Waals surface area contributed by atoms with E-state index in [1.165, 1.54) is 23.5 Å². The zero-order valence-electron chi connectivity index (χ0n) is 10.1. The second-order valence-corrected chi connectivity index (χ2v) is 8.05. The average Bonchev–Trinajstić information content (AvgIpc) is 2.85. The van der Waals surface area contributed by atoms with Crippen molar-refractivity contribution < 1.29 is 18.3 Å². The highest BCUT2D eigenvalue weighted by atomic mass is 32.2. The SMILES string of the molecule is Cc1cc(S(=O)(=O)Nc2ccc(C(=O)O)s2)c(C)s1. The molecule has 0 atom stereocenters. The molecule has 0 bridgehead atoms. The maximum Gasteiger partial charge on any atom is 0.345 e. The third-order valence-electron chi connectivity index (χ3n) is 2.34. The number of hydrogen-bond donors (Lipinski definition) is 2. The van der Waals surface area contributed by atoms with Crippen molar-refractivity contribution in [2.75, 3.05) is 4.72 Å².